The highest BCUT2D eigenvalue weighted by Gasteiger charge is 2.03. The Hall–Kier alpha value is -1.33. The number of hydrogen-bond acceptors (Lipinski definition) is 5. The SMILES string of the molecule is Cc1cnc(CNc2ncc(Cl)cc2N)s1. The summed E-state index contributed by atoms with van der Waals surface area (Å²) in [6, 6.07) is 1.67. The predicted molar refractivity (Wildman–Crippen MR) is 67.8 cm³/mol. The molecule has 0 aromatic carbocycles. The van der Waals surface area contributed by atoms with Crippen LogP contribution in [-0.2, 0) is 6.54 Å². The van der Waals surface area contributed by atoms with Crippen molar-refractivity contribution < 1.29 is 0 Å². The number of hydrogen-bond donors (Lipinski definition) is 2. The van der Waals surface area contributed by atoms with E-state index in [9.17, 15) is 0 Å². The molecule has 2 heterocycles. The van der Waals surface area contributed by atoms with Crippen molar-refractivity contribution in [3.63, 3.8) is 0 Å². The lowest BCUT2D eigenvalue weighted by Crippen LogP contribution is -2.04. The zero-order valence-corrected chi connectivity index (χ0v) is 10.3. The highest BCUT2D eigenvalue weighted by Crippen LogP contribution is 2.20. The van der Waals surface area contributed by atoms with Gasteiger partial charge >= 0.3 is 0 Å². The molecule has 2 aromatic rings. The summed E-state index contributed by atoms with van der Waals surface area (Å²) in [4.78, 5) is 9.54. The van der Waals surface area contributed by atoms with Crippen LogP contribution in [0.2, 0.25) is 5.02 Å². The molecule has 0 saturated carbocycles. The molecule has 0 bridgehead atoms. The van der Waals surface area contributed by atoms with Crippen molar-refractivity contribution in [1.82, 2.24) is 9.97 Å². The van der Waals surface area contributed by atoms with E-state index in [1.54, 1.807) is 23.6 Å². The van der Waals surface area contributed by atoms with E-state index in [4.69, 9.17) is 17.3 Å². The topological polar surface area (TPSA) is 63.8 Å². The standard InChI is InChI=1S/C10H11ClN4S/c1-6-3-13-9(16-6)5-15-10-8(12)2-7(11)4-14-10/h2-4H,5,12H2,1H3,(H,14,15). The molecule has 2 aromatic heterocycles. The van der Waals surface area contributed by atoms with Gasteiger partial charge in [0.25, 0.3) is 0 Å². The van der Waals surface area contributed by atoms with Gasteiger partial charge in [0.05, 0.1) is 17.3 Å². The second kappa shape index (κ2) is 4.67. The van der Waals surface area contributed by atoms with Crippen LogP contribution in [0.3, 0.4) is 0 Å². The largest absolute Gasteiger partial charge is 0.396 e. The van der Waals surface area contributed by atoms with Crippen molar-refractivity contribution in [3.05, 3.63) is 33.4 Å². The fourth-order valence-electron chi connectivity index (χ4n) is 1.25. The van der Waals surface area contributed by atoms with E-state index in [2.05, 4.69) is 15.3 Å². The maximum absolute atomic E-state index is 5.76. The molecule has 0 saturated heterocycles. The molecule has 0 fully saturated rings. The Bertz CT molecular complexity index is 497. The third-order valence-corrected chi connectivity index (χ3v) is 3.08. The molecule has 16 heavy (non-hydrogen) atoms. The van der Waals surface area contributed by atoms with Crippen LogP contribution in [0.15, 0.2) is 18.5 Å². The van der Waals surface area contributed by atoms with Crippen LogP contribution in [0.1, 0.15) is 9.88 Å². The van der Waals surface area contributed by atoms with Crippen molar-refractivity contribution in [3.8, 4) is 0 Å². The molecule has 0 atom stereocenters. The molecule has 0 unspecified atom stereocenters. The minimum atomic E-state index is 0.535. The molecule has 0 aliphatic carbocycles. The van der Waals surface area contributed by atoms with E-state index in [0.29, 0.717) is 23.1 Å². The van der Waals surface area contributed by atoms with E-state index >= 15 is 0 Å². The summed E-state index contributed by atoms with van der Waals surface area (Å²) in [5.41, 5.74) is 6.31. The first-order valence-electron chi connectivity index (χ1n) is 4.71. The molecule has 0 spiro atoms. The Balaban J connectivity index is 2.04. The summed E-state index contributed by atoms with van der Waals surface area (Å²) in [7, 11) is 0. The summed E-state index contributed by atoms with van der Waals surface area (Å²) >= 11 is 7.40. The number of rotatable bonds is 3. The zero-order chi connectivity index (χ0) is 11.5. The second-order valence-corrected chi connectivity index (χ2v) is 5.07. The van der Waals surface area contributed by atoms with E-state index in [1.807, 2.05) is 13.1 Å². The van der Waals surface area contributed by atoms with Gasteiger partial charge in [-0.2, -0.15) is 0 Å². The Morgan fingerprint density at radius 1 is 1.44 bits per heavy atom. The van der Waals surface area contributed by atoms with Crippen molar-refractivity contribution in [2.24, 2.45) is 0 Å². The molecular weight excluding hydrogens is 244 g/mol. The van der Waals surface area contributed by atoms with Gasteiger partial charge in [-0.25, -0.2) is 9.97 Å². The molecule has 6 heteroatoms. The van der Waals surface area contributed by atoms with E-state index in [-0.39, 0.29) is 0 Å². The molecule has 0 amide bonds. The van der Waals surface area contributed by atoms with E-state index in [1.165, 1.54) is 4.88 Å². The fraction of sp³-hybridized carbons (Fsp3) is 0.200. The number of pyridine rings is 1. The number of nitrogens with one attached hydrogen (secondary N) is 1. The maximum atomic E-state index is 5.76. The van der Waals surface area contributed by atoms with Crippen molar-refractivity contribution in [2.45, 2.75) is 13.5 Å². The maximum Gasteiger partial charge on any atom is 0.149 e. The Kier molecular flexibility index (Phi) is 3.26. The van der Waals surface area contributed by atoms with Crippen molar-refractivity contribution in [2.75, 3.05) is 11.1 Å². The van der Waals surface area contributed by atoms with Crippen molar-refractivity contribution in [1.29, 1.82) is 0 Å². The predicted octanol–water partition coefficient (Wildman–Crippen LogP) is 2.69. The first-order valence-corrected chi connectivity index (χ1v) is 5.91. The van der Waals surface area contributed by atoms with Crippen LogP contribution < -0.4 is 11.1 Å². The minimum Gasteiger partial charge on any atom is -0.396 e. The molecule has 0 aliphatic heterocycles. The van der Waals surface area contributed by atoms with Crippen LogP contribution in [-0.4, -0.2) is 9.97 Å². The highest BCUT2D eigenvalue weighted by atomic mass is 35.5. The van der Waals surface area contributed by atoms with Gasteiger partial charge in [-0.3, -0.25) is 0 Å². The minimum absolute atomic E-state index is 0.535. The number of nitrogens with two attached hydrogens (primary N) is 1. The van der Waals surface area contributed by atoms with Crippen LogP contribution in [0.5, 0.6) is 0 Å². The van der Waals surface area contributed by atoms with Gasteiger partial charge in [-0.05, 0) is 13.0 Å². The number of aryl methyl sites for hydroxylation is 1. The van der Waals surface area contributed by atoms with Gasteiger partial charge < -0.3 is 11.1 Å². The molecule has 0 radical (unpaired) electrons. The number of nitrogen functional groups attached to an aromatic ring is 1. The zero-order valence-electron chi connectivity index (χ0n) is 8.70. The molecule has 3 N–H and O–H groups in total. The highest BCUT2D eigenvalue weighted by molar-refractivity contribution is 7.11. The molecular formula is C10H11ClN4S. The number of halogens is 1. The smallest absolute Gasteiger partial charge is 0.149 e. The lowest BCUT2D eigenvalue weighted by Gasteiger charge is -2.06. The van der Waals surface area contributed by atoms with Crippen LogP contribution in [0.25, 0.3) is 0 Å². The third-order valence-electron chi connectivity index (χ3n) is 1.96. The summed E-state index contributed by atoms with van der Waals surface area (Å²) < 4.78 is 0. The third kappa shape index (κ3) is 2.62. The number of nitrogens with zero attached hydrogens (tertiary/aromatic N) is 2. The summed E-state index contributed by atoms with van der Waals surface area (Å²) in [6.07, 6.45) is 3.41. The van der Waals surface area contributed by atoms with Gasteiger partial charge in [0, 0.05) is 17.3 Å². The Labute approximate surface area is 102 Å². The summed E-state index contributed by atoms with van der Waals surface area (Å²) in [5.74, 6) is 0.636. The van der Waals surface area contributed by atoms with Crippen LogP contribution in [0.4, 0.5) is 11.5 Å². The van der Waals surface area contributed by atoms with Gasteiger partial charge in [0.15, 0.2) is 0 Å². The van der Waals surface area contributed by atoms with Crippen LogP contribution >= 0.6 is 22.9 Å². The number of anilines is 2. The summed E-state index contributed by atoms with van der Waals surface area (Å²) in [6.45, 7) is 2.65. The van der Waals surface area contributed by atoms with Crippen molar-refractivity contribution >= 4 is 34.4 Å². The number of aromatic nitrogens is 2. The molecule has 4 nitrogen and oxygen atoms in total. The average Bonchev–Trinajstić information content (AvgIpc) is 2.63. The Morgan fingerprint density at radius 2 is 2.25 bits per heavy atom. The lowest BCUT2D eigenvalue weighted by atomic mass is 10.4. The molecule has 0 aliphatic rings. The van der Waals surface area contributed by atoms with Gasteiger partial charge in [0.2, 0.25) is 0 Å². The first-order chi connectivity index (χ1) is 7.65. The molecule has 2 rings (SSSR count). The van der Waals surface area contributed by atoms with Gasteiger partial charge in [-0.1, -0.05) is 11.6 Å². The average molecular weight is 255 g/mol. The fourth-order valence-corrected chi connectivity index (χ4v) is 2.14. The lowest BCUT2D eigenvalue weighted by molar-refractivity contribution is 1.08. The van der Waals surface area contributed by atoms with Crippen LogP contribution in [0, 0.1) is 6.92 Å². The first kappa shape index (κ1) is 11.2. The number of thiazole rings is 1. The quantitative estimate of drug-likeness (QED) is 0.884. The molecule has 84 valence electrons. The van der Waals surface area contributed by atoms with E-state index in [0.717, 1.165) is 5.01 Å². The normalized spacial score (nSPS) is 10.4. The monoisotopic (exact) mass is 254 g/mol. The van der Waals surface area contributed by atoms with E-state index < -0.39 is 0 Å². The Morgan fingerprint density at radius 3 is 2.88 bits per heavy atom. The second-order valence-electron chi connectivity index (χ2n) is 3.31. The van der Waals surface area contributed by atoms with Gasteiger partial charge in [-0.15, -0.1) is 11.3 Å². The van der Waals surface area contributed by atoms with Gasteiger partial charge in [0.1, 0.15) is 10.8 Å². The summed E-state index contributed by atoms with van der Waals surface area (Å²) in [5, 5.41) is 4.67.